The van der Waals surface area contributed by atoms with E-state index in [1.165, 1.54) is 0 Å². The molecule has 39 heavy (non-hydrogen) atoms. The number of nitrogens with zero attached hydrogens (tertiary/aromatic N) is 3. The van der Waals surface area contributed by atoms with E-state index in [1.54, 1.807) is 11.0 Å². The van der Waals surface area contributed by atoms with Crippen molar-refractivity contribution in [2.24, 2.45) is 0 Å². The average molecular weight is 523 g/mol. The summed E-state index contributed by atoms with van der Waals surface area (Å²) in [6, 6.07) is 23.6. The topological polar surface area (TPSA) is 76.5 Å². The maximum atomic E-state index is 13.5. The van der Waals surface area contributed by atoms with Gasteiger partial charge in [-0.1, -0.05) is 65.7 Å². The lowest BCUT2D eigenvalue weighted by Gasteiger charge is -2.25. The fourth-order valence-corrected chi connectivity index (χ4v) is 4.81. The summed E-state index contributed by atoms with van der Waals surface area (Å²) in [6.45, 7) is 6.92. The van der Waals surface area contributed by atoms with E-state index in [-0.39, 0.29) is 24.5 Å². The van der Waals surface area contributed by atoms with Crippen LogP contribution in [0.25, 0.3) is 16.9 Å². The maximum Gasteiger partial charge on any atom is 0.254 e. The first-order valence-electron chi connectivity index (χ1n) is 13.4. The van der Waals surface area contributed by atoms with E-state index in [9.17, 15) is 9.59 Å². The smallest absolute Gasteiger partial charge is 0.254 e. The highest BCUT2D eigenvalue weighted by Gasteiger charge is 2.26. The molecule has 7 heteroatoms. The Morgan fingerprint density at radius 2 is 1.67 bits per heavy atom. The van der Waals surface area contributed by atoms with Crippen molar-refractivity contribution < 1.29 is 14.3 Å². The molecule has 2 heterocycles. The second kappa shape index (κ2) is 11.7. The van der Waals surface area contributed by atoms with Crippen LogP contribution in [-0.4, -0.2) is 52.1 Å². The second-order valence-corrected chi connectivity index (χ2v) is 10.2. The minimum atomic E-state index is -0.315. The molecule has 3 aromatic carbocycles. The van der Waals surface area contributed by atoms with Crippen molar-refractivity contribution >= 4 is 17.8 Å². The molecule has 0 unspecified atom stereocenters. The van der Waals surface area contributed by atoms with Gasteiger partial charge >= 0.3 is 0 Å². The van der Waals surface area contributed by atoms with Crippen LogP contribution in [0.5, 0.6) is 0 Å². The quantitative estimate of drug-likeness (QED) is 0.321. The molecule has 0 saturated carbocycles. The van der Waals surface area contributed by atoms with E-state index in [2.05, 4.69) is 5.32 Å². The van der Waals surface area contributed by atoms with Crippen molar-refractivity contribution in [3.8, 4) is 16.9 Å². The molecule has 0 aliphatic carbocycles. The number of hydrogen-bond acceptors (Lipinski definition) is 4. The highest BCUT2D eigenvalue weighted by Crippen LogP contribution is 2.25. The summed E-state index contributed by atoms with van der Waals surface area (Å²) < 4.78 is 7.68. The number of carbonyl (C=O) groups is 2. The fraction of sp³-hybridized carbons (Fsp3) is 0.281. The third-order valence-corrected chi connectivity index (χ3v) is 7.06. The number of rotatable bonds is 8. The van der Waals surface area contributed by atoms with Gasteiger partial charge in [0.25, 0.3) is 5.91 Å². The zero-order valence-corrected chi connectivity index (χ0v) is 22.7. The van der Waals surface area contributed by atoms with Gasteiger partial charge < -0.3 is 9.64 Å². The molecule has 1 aliphatic heterocycles. The number of nitrogens with one attached hydrogen (secondary N) is 1. The molecule has 0 bridgehead atoms. The summed E-state index contributed by atoms with van der Waals surface area (Å²) in [5, 5.41) is 2.98. The monoisotopic (exact) mass is 522 g/mol. The molecule has 5 rings (SSSR count). The lowest BCUT2D eigenvalue weighted by Crippen LogP contribution is -2.42. The van der Waals surface area contributed by atoms with Gasteiger partial charge in [-0.3, -0.25) is 19.5 Å². The zero-order valence-electron chi connectivity index (χ0n) is 22.7. The average Bonchev–Trinajstić information content (AvgIpc) is 3.59. The molecule has 1 aliphatic rings. The zero-order chi connectivity index (χ0) is 27.4. The van der Waals surface area contributed by atoms with Crippen LogP contribution >= 0.6 is 0 Å². The Morgan fingerprint density at radius 3 is 2.33 bits per heavy atom. The van der Waals surface area contributed by atoms with Crippen LogP contribution in [0, 0.1) is 20.8 Å². The minimum absolute atomic E-state index is 0.0755. The first-order valence-corrected chi connectivity index (χ1v) is 13.4. The van der Waals surface area contributed by atoms with E-state index in [4.69, 9.17) is 9.72 Å². The second-order valence-electron chi connectivity index (χ2n) is 10.2. The number of anilines is 1. The Labute approximate surface area is 229 Å². The summed E-state index contributed by atoms with van der Waals surface area (Å²) in [5.41, 5.74) is 6.35. The molecule has 7 nitrogen and oxygen atoms in total. The molecular formula is C32H34N4O3. The summed E-state index contributed by atoms with van der Waals surface area (Å²) >= 11 is 0. The molecule has 1 fully saturated rings. The Kier molecular flexibility index (Phi) is 7.89. The van der Waals surface area contributed by atoms with Gasteiger partial charge in [-0.2, -0.15) is 0 Å². The van der Waals surface area contributed by atoms with Crippen LogP contribution in [0.4, 0.5) is 5.95 Å². The number of imidazole rings is 1. The van der Waals surface area contributed by atoms with Crippen molar-refractivity contribution in [1.29, 1.82) is 0 Å². The molecule has 1 N–H and O–H groups in total. The molecule has 200 valence electrons. The predicted octanol–water partition coefficient (Wildman–Crippen LogP) is 5.72. The third-order valence-electron chi connectivity index (χ3n) is 7.06. The molecule has 0 radical (unpaired) electrons. The number of amides is 2. The lowest BCUT2D eigenvalue weighted by molar-refractivity contribution is -0.117. The fourth-order valence-electron chi connectivity index (χ4n) is 4.81. The first-order chi connectivity index (χ1) is 18.9. The van der Waals surface area contributed by atoms with E-state index < -0.39 is 0 Å². The van der Waals surface area contributed by atoms with Gasteiger partial charge in [0.2, 0.25) is 11.9 Å². The summed E-state index contributed by atoms with van der Waals surface area (Å²) in [4.78, 5) is 33.4. The van der Waals surface area contributed by atoms with Gasteiger partial charge in [0, 0.05) is 36.2 Å². The Hall–Kier alpha value is -4.23. The van der Waals surface area contributed by atoms with Crippen LogP contribution in [-0.2, 0) is 9.53 Å². The van der Waals surface area contributed by atoms with E-state index in [1.807, 2.05) is 98.3 Å². The number of hydrogen-bond donors (Lipinski definition) is 1. The van der Waals surface area contributed by atoms with Gasteiger partial charge in [0.15, 0.2) is 0 Å². The largest absolute Gasteiger partial charge is 0.376 e. The van der Waals surface area contributed by atoms with Gasteiger partial charge in [0.05, 0.1) is 11.8 Å². The Bertz CT molecular complexity index is 1450. The van der Waals surface area contributed by atoms with Crippen LogP contribution in [0.3, 0.4) is 0 Å². The highest BCUT2D eigenvalue weighted by molar-refractivity contribution is 6.00. The predicted molar refractivity (Wildman–Crippen MR) is 153 cm³/mol. The van der Waals surface area contributed by atoms with Crippen LogP contribution in [0.1, 0.15) is 39.9 Å². The molecule has 1 saturated heterocycles. The van der Waals surface area contributed by atoms with Crippen molar-refractivity contribution in [3.63, 3.8) is 0 Å². The summed E-state index contributed by atoms with van der Waals surface area (Å²) in [7, 11) is 0. The first kappa shape index (κ1) is 26.4. The Balaban J connectivity index is 1.42. The van der Waals surface area contributed by atoms with Crippen molar-refractivity contribution in [2.45, 2.75) is 39.7 Å². The molecule has 2 amide bonds. The summed E-state index contributed by atoms with van der Waals surface area (Å²) in [6.07, 6.45) is 3.68. The molecule has 4 aromatic rings. The number of benzene rings is 3. The van der Waals surface area contributed by atoms with Crippen molar-refractivity contribution in [2.75, 3.05) is 25.0 Å². The van der Waals surface area contributed by atoms with E-state index in [0.717, 1.165) is 46.5 Å². The van der Waals surface area contributed by atoms with Crippen LogP contribution < -0.4 is 5.32 Å². The molecule has 1 aromatic heterocycles. The van der Waals surface area contributed by atoms with Gasteiger partial charge in [-0.15, -0.1) is 0 Å². The van der Waals surface area contributed by atoms with E-state index in [0.29, 0.717) is 24.7 Å². The van der Waals surface area contributed by atoms with Gasteiger partial charge in [0.1, 0.15) is 6.54 Å². The third kappa shape index (κ3) is 6.26. The van der Waals surface area contributed by atoms with Gasteiger partial charge in [-0.05, 0) is 57.4 Å². The molecular weight excluding hydrogens is 488 g/mol. The molecule has 0 spiro atoms. The van der Waals surface area contributed by atoms with Crippen LogP contribution in [0.2, 0.25) is 0 Å². The normalized spacial score (nSPS) is 14.8. The molecule has 1 atom stereocenters. The Morgan fingerprint density at radius 1 is 0.974 bits per heavy atom. The van der Waals surface area contributed by atoms with Gasteiger partial charge in [-0.25, -0.2) is 4.98 Å². The highest BCUT2D eigenvalue weighted by atomic mass is 16.5. The number of ether oxygens (including phenoxy) is 1. The SMILES string of the molecule is Cc1ccc(-c2cn(-c3ccc(C)cc3)c(NC(=O)CN(C[C@H]3CCCO3)C(=O)c3ccccc3C)n2)cc1. The van der Waals surface area contributed by atoms with E-state index >= 15 is 0 Å². The van der Waals surface area contributed by atoms with Crippen LogP contribution in [0.15, 0.2) is 79.0 Å². The lowest BCUT2D eigenvalue weighted by atomic mass is 10.1. The van der Waals surface area contributed by atoms with Crippen molar-refractivity contribution in [1.82, 2.24) is 14.5 Å². The number of aromatic nitrogens is 2. The maximum absolute atomic E-state index is 13.5. The minimum Gasteiger partial charge on any atom is -0.376 e. The number of carbonyl (C=O) groups excluding carboxylic acids is 2. The summed E-state index contributed by atoms with van der Waals surface area (Å²) in [5.74, 6) is -0.0924. The van der Waals surface area contributed by atoms with Crippen molar-refractivity contribution in [3.05, 3.63) is 101 Å². The standard InChI is InChI=1S/C32H34N4O3/c1-22-10-14-25(15-11-22)29-20-36(26-16-12-23(2)13-17-26)32(33-29)34-30(37)21-35(19-27-8-6-18-39-27)31(38)28-9-5-4-7-24(28)3/h4-5,7,9-17,20,27H,6,8,18-19,21H2,1-3H3,(H,33,34,37)/t27-/m1/s1. The number of aryl methyl sites for hydroxylation is 3.